The summed E-state index contributed by atoms with van der Waals surface area (Å²) in [6.07, 6.45) is -0.323. The van der Waals surface area contributed by atoms with Crippen LogP contribution in [0.4, 0.5) is 0 Å². The molecular formula is C15H25NO3. The highest BCUT2D eigenvalue weighted by Crippen LogP contribution is 2.29. The van der Waals surface area contributed by atoms with E-state index in [1.54, 1.807) is 7.11 Å². The number of ether oxygens (including phenoxy) is 3. The summed E-state index contributed by atoms with van der Waals surface area (Å²) < 4.78 is 16.8. The zero-order valence-corrected chi connectivity index (χ0v) is 12.5. The van der Waals surface area contributed by atoms with Crippen molar-refractivity contribution < 1.29 is 14.2 Å². The molecule has 0 saturated carbocycles. The van der Waals surface area contributed by atoms with Gasteiger partial charge in [0.2, 0.25) is 0 Å². The first kappa shape index (κ1) is 16.0. The van der Waals surface area contributed by atoms with E-state index in [0.717, 1.165) is 11.3 Å². The first-order chi connectivity index (χ1) is 9.17. The fraction of sp³-hybridized carbons (Fsp3) is 0.600. The zero-order chi connectivity index (χ0) is 14.3. The van der Waals surface area contributed by atoms with Gasteiger partial charge in [0.15, 0.2) is 6.29 Å². The van der Waals surface area contributed by atoms with E-state index in [2.05, 4.69) is 18.3 Å². The third kappa shape index (κ3) is 4.20. The molecule has 1 unspecified atom stereocenters. The Morgan fingerprint density at radius 2 is 1.79 bits per heavy atom. The second-order valence-electron chi connectivity index (χ2n) is 4.29. The van der Waals surface area contributed by atoms with Gasteiger partial charge in [-0.15, -0.1) is 0 Å². The summed E-state index contributed by atoms with van der Waals surface area (Å²) in [4.78, 5) is 0. The molecule has 1 N–H and O–H groups in total. The number of aryl methyl sites for hydroxylation is 1. The van der Waals surface area contributed by atoms with Crippen molar-refractivity contribution in [1.29, 1.82) is 0 Å². The van der Waals surface area contributed by atoms with Gasteiger partial charge in [0.1, 0.15) is 5.75 Å². The van der Waals surface area contributed by atoms with E-state index < -0.39 is 0 Å². The largest absolute Gasteiger partial charge is 0.496 e. The van der Waals surface area contributed by atoms with Gasteiger partial charge < -0.3 is 19.5 Å². The van der Waals surface area contributed by atoms with Crippen molar-refractivity contribution in [3.63, 3.8) is 0 Å². The zero-order valence-electron chi connectivity index (χ0n) is 12.5. The van der Waals surface area contributed by atoms with E-state index in [-0.39, 0.29) is 12.3 Å². The molecule has 1 rings (SSSR count). The second-order valence-corrected chi connectivity index (χ2v) is 4.29. The van der Waals surface area contributed by atoms with E-state index in [9.17, 15) is 0 Å². The van der Waals surface area contributed by atoms with Gasteiger partial charge in [0.05, 0.1) is 13.2 Å². The van der Waals surface area contributed by atoms with Crippen molar-refractivity contribution in [2.45, 2.75) is 33.1 Å². The van der Waals surface area contributed by atoms with Crippen LogP contribution in [0.25, 0.3) is 0 Å². The van der Waals surface area contributed by atoms with Gasteiger partial charge in [0.25, 0.3) is 0 Å². The third-order valence-electron chi connectivity index (χ3n) is 2.97. The summed E-state index contributed by atoms with van der Waals surface area (Å²) >= 11 is 0. The molecule has 0 saturated heterocycles. The lowest BCUT2D eigenvalue weighted by atomic mass is 10.0. The molecule has 0 aliphatic rings. The molecule has 0 heterocycles. The third-order valence-corrected chi connectivity index (χ3v) is 2.97. The number of benzene rings is 1. The summed E-state index contributed by atoms with van der Waals surface area (Å²) in [5.41, 5.74) is 2.24. The average molecular weight is 267 g/mol. The lowest BCUT2D eigenvalue weighted by Gasteiger charge is -2.28. The molecule has 1 atom stereocenters. The van der Waals surface area contributed by atoms with Crippen LogP contribution in [0, 0.1) is 6.92 Å². The fourth-order valence-electron chi connectivity index (χ4n) is 2.10. The number of likely N-dealkylation sites (N-methyl/N-ethyl adjacent to an activating group) is 1. The Labute approximate surface area is 116 Å². The van der Waals surface area contributed by atoms with E-state index >= 15 is 0 Å². The Bertz CT molecular complexity index is 376. The Balaban J connectivity index is 3.08. The van der Waals surface area contributed by atoms with Crippen molar-refractivity contribution in [2.24, 2.45) is 0 Å². The van der Waals surface area contributed by atoms with Crippen molar-refractivity contribution in [2.75, 3.05) is 27.4 Å². The van der Waals surface area contributed by atoms with Gasteiger partial charge in [-0.05, 0) is 33.9 Å². The summed E-state index contributed by atoms with van der Waals surface area (Å²) in [5.74, 6) is 0.842. The van der Waals surface area contributed by atoms with Crippen LogP contribution in [0.3, 0.4) is 0 Å². The van der Waals surface area contributed by atoms with Gasteiger partial charge in [0, 0.05) is 18.8 Å². The van der Waals surface area contributed by atoms with Gasteiger partial charge in [-0.1, -0.05) is 17.7 Å². The van der Waals surface area contributed by atoms with Crippen molar-refractivity contribution in [3.8, 4) is 5.75 Å². The molecule has 0 aromatic heterocycles. The van der Waals surface area contributed by atoms with Crippen LogP contribution < -0.4 is 10.1 Å². The van der Waals surface area contributed by atoms with Gasteiger partial charge in [-0.25, -0.2) is 0 Å². The number of hydrogen-bond donors (Lipinski definition) is 1. The summed E-state index contributed by atoms with van der Waals surface area (Å²) in [6.45, 7) is 7.21. The monoisotopic (exact) mass is 267 g/mol. The number of nitrogens with one attached hydrogen (secondary N) is 1. The van der Waals surface area contributed by atoms with Gasteiger partial charge >= 0.3 is 0 Å². The molecule has 0 amide bonds. The minimum absolute atomic E-state index is 0.0604. The average Bonchev–Trinajstić information content (AvgIpc) is 2.40. The molecule has 0 fully saturated rings. The lowest BCUT2D eigenvalue weighted by Crippen LogP contribution is -2.34. The molecule has 1 aromatic carbocycles. The molecular weight excluding hydrogens is 242 g/mol. The maximum absolute atomic E-state index is 5.69. The Morgan fingerprint density at radius 3 is 2.26 bits per heavy atom. The minimum Gasteiger partial charge on any atom is -0.496 e. The molecule has 108 valence electrons. The Morgan fingerprint density at radius 1 is 1.16 bits per heavy atom. The summed E-state index contributed by atoms with van der Waals surface area (Å²) in [5, 5.41) is 3.26. The highest BCUT2D eigenvalue weighted by molar-refractivity contribution is 5.39. The van der Waals surface area contributed by atoms with E-state index in [0.29, 0.717) is 13.2 Å². The number of rotatable bonds is 8. The predicted molar refractivity (Wildman–Crippen MR) is 76.6 cm³/mol. The first-order valence-corrected chi connectivity index (χ1v) is 6.72. The standard InChI is InChI=1S/C15H25NO3/c1-6-18-15(19-7-2)14(16-4)12-10-11(3)8-9-13(12)17-5/h8-10,14-16H,6-7H2,1-5H3. The van der Waals surface area contributed by atoms with Crippen LogP contribution in [-0.4, -0.2) is 33.7 Å². The molecule has 1 aromatic rings. The van der Waals surface area contributed by atoms with Gasteiger partial charge in [-0.2, -0.15) is 0 Å². The Kier molecular flexibility index (Phi) is 6.84. The van der Waals surface area contributed by atoms with E-state index in [1.165, 1.54) is 5.56 Å². The number of methoxy groups -OCH3 is 1. The van der Waals surface area contributed by atoms with Crippen molar-refractivity contribution >= 4 is 0 Å². The van der Waals surface area contributed by atoms with Crippen LogP contribution in [0.1, 0.15) is 31.0 Å². The molecule has 0 radical (unpaired) electrons. The highest BCUT2D eigenvalue weighted by atomic mass is 16.7. The van der Waals surface area contributed by atoms with Crippen molar-refractivity contribution in [1.82, 2.24) is 5.32 Å². The van der Waals surface area contributed by atoms with Gasteiger partial charge in [-0.3, -0.25) is 0 Å². The van der Waals surface area contributed by atoms with Crippen LogP contribution >= 0.6 is 0 Å². The predicted octanol–water partition coefficient (Wildman–Crippen LogP) is 2.66. The molecule has 0 bridgehead atoms. The normalized spacial score (nSPS) is 12.7. The van der Waals surface area contributed by atoms with Crippen LogP contribution in [-0.2, 0) is 9.47 Å². The lowest BCUT2D eigenvalue weighted by molar-refractivity contribution is -0.154. The number of hydrogen-bond acceptors (Lipinski definition) is 4. The molecule has 4 nitrogen and oxygen atoms in total. The smallest absolute Gasteiger partial charge is 0.176 e. The van der Waals surface area contributed by atoms with E-state index in [4.69, 9.17) is 14.2 Å². The maximum Gasteiger partial charge on any atom is 0.176 e. The molecule has 19 heavy (non-hydrogen) atoms. The molecule has 0 aliphatic heterocycles. The van der Waals surface area contributed by atoms with Crippen LogP contribution in [0.5, 0.6) is 5.75 Å². The highest BCUT2D eigenvalue weighted by Gasteiger charge is 2.25. The molecule has 0 aliphatic carbocycles. The topological polar surface area (TPSA) is 39.7 Å². The molecule has 0 spiro atoms. The van der Waals surface area contributed by atoms with Crippen LogP contribution in [0.2, 0.25) is 0 Å². The Hall–Kier alpha value is -1.10. The minimum atomic E-state index is -0.323. The SMILES string of the molecule is CCOC(OCC)C(NC)c1cc(C)ccc1OC. The van der Waals surface area contributed by atoms with Crippen molar-refractivity contribution in [3.05, 3.63) is 29.3 Å². The first-order valence-electron chi connectivity index (χ1n) is 6.72. The summed E-state index contributed by atoms with van der Waals surface area (Å²) in [6, 6.07) is 6.05. The second kappa shape index (κ2) is 8.15. The summed E-state index contributed by atoms with van der Waals surface area (Å²) in [7, 11) is 3.58. The van der Waals surface area contributed by atoms with E-state index in [1.807, 2.05) is 33.0 Å². The quantitative estimate of drug-likeness (QED) is 0.735. The fourth-order valence-corrected chi connectivity index (χ4v) is 2.10. The maximum atomic E-state index is 5.69. The van der Waals surface area contributed by atoms with Crippen LogP contribution in [0.15, 0.2) is 18.2 Å². The molecule has 4 heteroatoms.